The second-order valence-electron chi connectivity index (χ2n) is 4.26. The van der Waals surface area contributed by atoms with Gasteiger partial charge < -0.3 is 4.18 Å². The van der Waals surface area contributed by atoms with Gasteiger partial charge in [-0.15, -0.1) is 0 Å². The number of aryl methyl sites for hydroxylation is 2. The summed E-state index contributed by atoms with van der Waals surface area (Å²) < 4.78 is 29.4. The number of rotatable bonds is 3. The molecule has 0 atom stereocenters. The van der Waals surface area contributed by atoms with Crippen LogP contribution in [0.1, 0.15) is 11.1 Å². The second-order valence-corrected chi connectivity index (χ2v) is 6.21. The van der Waals surface area contributed by atoms with Crippen LogP contribution in [-0.4, -0.2) is 8.42 Å². The van der Waals surface area contributed by atoms with E-state index in [1.165, 1.54) is 6.07 Å². The van der Waals surface area contributed by atoms with Crippen LogP contribution in [0.3, 0.4) is 0 Å². The van der Waals surface area contributed by atoms with E-state index in [9.17, 15) is 8.42 Å². The lowest BCUT2D eigenvalue weighted by Crippen LogP contribution is -2.11. The Morgan fingerprint density at radius 1 is 1.00 bits per heavy atom. The maximum Gasteiger partial charge on any atom is 0.339 e. The van der Waals surface area contributed by atoms with Gasteiger partial charge in [-0.2, -0.15) is 8.42 Å². The molecule has 3 nitrogen and oxygen atoms in total. The third kappa shape index (κ3) is 3.28. The molecule has 0 spiro atoms. The lowest BCUT2D eigenvalue weighted by molar-refractivity contribution is 0.485. The minimum atomic E-state index is -3.86. The van der Waals surface area contributed by atoms with Crippen molar-refractivity contribution >= 4 is 21.7 Å². The monoisotopic (exact) mass is 296 g/mol. The highest BCUT2D eigenvalue weighted by atomic mass is 35.5. The predicted octanol–water partition coefficient (Wildman–Crippen LogP) is 3.72. The lowest BCUT2D eigenvalue weighted by Gasteiger charge is -2.09. The van der Waals surface area contributed by atoms with Gasteiger partial charge in [0.25, 0.3) is 0 Å². The van der Waals surface area contributed by atoms with Gasteiger partial charge in [-0.25, -0.2) is 0 Å². The predicted molar refractivity (Wildman–Crippen MR) is 75.2 cm³/mol. The molecule has 0 N–H and O–H groups in total. The van der Waals surface area contributed by atoms with Crippen LogP contribution in [-0.2, 0) is 10.1 Å². The summed E-state index contributed by atoms with van der Waals surface area (Å²) in [5.74, 6) is 0.282. The van der Waals surface area contributed by atoms with E-state index >= 15 is 0 Å². The Morgan fingerprint density at radius 2 is 1.63 bits per heavy atom. The summed E-state index contributed by atoms with van der Waals surface area (Å²) in [7, 11) is -3.86. The number of hydrogen-bond donors (Lipinski definition) is 0. The maximum absolute atomic E-state index is 12.2. The molecule has 0 saturated carbocycles. The minimum Gasteiger partial charge on any atom is -0.379 e. The van der Waals surface area contributed by atoms with Gasteiger partial charge >= 0.3 is 10.1 Å². The van der Waals surface area contributed by atoms with Crippen molar-refractivity contribution in [2.24, 2.45) is 0 Å². The van der Waals surface area contributed by atoms with E-state index < -0.39 is 10.1 Å². The van der Waals surface area contributed by atoms with Crippen molar-refractivity contribution in [2.45, 2.75) is 18.7 Å². The molecule has 2 aromatic carbocycles. The molecule has 5 heteroatoms. The van der Waals surface area contributed by atoms with Gasteiger partial charge in [0.15, 0.2) is 0 Å². The first-order valence-electron chi connectivity index (χ1n) is 5.66. The average molecular weight is 297 g/mol. The van der Waals surface area contributed by atoms with Gasteiger partial charge in [0.2, 0.25) is 0 Å². The first-order valence-corrected chi connectivity index (χ1v) is 7.44. The standard InChI is InChI=1S/C14H13ClO3S/c1-10-3-7-13(8-4-10)18-19(16,17)14-9-12(15)6-5-11(14)2/h3-9H,1-2H3. The SMILES string of the molecule is Cc1ccc(OS(=O)(=O)c2cc(Cl)ccc2C)cc1. The molecule has 0 heterocycles. The molecule has 100 valence electrons. The molecule has 19 heavy (non-hydrogen) atoms. The third-order valence-corrected chi connectivity index (χ3v) is 4.27. The summed E-state index contributed by atoms with van der Waals surface area (Å²) >= 11 is 5.83. The molecule has 0 aliphatic carbocycles. The normalized spacial score (nSPS) is 11.3. The number of hydrogen-bond acceptors (Lipinski definition) is 3. The van der Waals surface area contributed by atoms with Gasteiger partial charge in [0.05, 0.1) is 0 Å². The highest BCUT2D eigenvalue weighted by Crippen LogP contribution is 2.24. The molecule has 0 aliphatic rings. The molecule has 2 aromatic rings. The Hall–Kier alpha value is -1.52. The molecule has 0 aliphatic heterocycles. The molecular weight excluding hydrogens is 284 g/mol. The van der Waals surface area contributed by atoms with Crippen LogP contribution in [0.2, 0.25) is 5.02 Å². The van der Waals surface area contributed by atoms with Crippen LogP contribution in [0, 0.1) is 13.8 Å². The van der Waals surface area contributed by atoms with Crippen molar-refractivity contribution < 1.29 is 12.6 Å². The molecule has 0 radical (unpaired) electrons. The molecule has 0 fully saturated rings. The molecule has 0 aromatic heterocycles. The van der Waals surface area contributed by atoms with Gasteiger partial charge in [-0.05, 0) is 43.7 Å². The van der Waals surface area contributed by atoms with Gasteiger partial charge in [0.1, 0.15) is 10.6 Å². The van der Waals surface area contributed by atoms with Crippen LogP contribution in [0.4, 0.5) is 0 Å². The Morgan fingerprint density at radius 3 is 2.26 bits per heavy atom. The van der Waals surface area contributed by atoms with Crippen molar-refractivity contribution in [3.8, 4) is 5.75 Å². The second kappa shape index (κ2) is 5.23. The first kappa shape index (κ1) is 13.9. The molecule has 0 unspecified atom stereocenters. The summed E-state index contributed by atoms with van der Waals surface area (Å²) in [5, 5.41) is 0.358. The van der Waals surface area contributed by atoms with Crippen molar-refractivity contribution in [1.82, 2.24) is 0 Å². The first-order chi connectivity index (χ1) is 8.88. The fourth-order valence-electron chi connectivity index (χ4n) is 1.61. The summed E-state index contributed by atoms with van der Waals surface area (Å²) in [6, 6.07) is 11.5. The van der Waals surface area contributed by atoms with Gasteiger partial charge in [-0.3, -0.25) is 0 Å². The topological polar surface area (TPSA) is 43.4 Å². The Labute approximate surface area is 117 Å². The van der Waals surface area contributed by atoms with E-state index in [0.29, 0.717) is 10.6 Å². The summed E-state index contributed by atoms with van der Waals surface area (Å²) in [4.78, 5) is 0.0839. The van der Waals surface area contributed by atoms with Crippen molar-refractivity contribution in [1.29, 1.82) is 0 Å². The zero-order valence-corrected chi connectivity index (χ0v) is 12.1. The molecule has 0 bridgehead atoms. The smallest absolute Gasteiger partial charge is 0.339 e. The van der Waals surface area contributed by atoms with Crippen molar-refractivity contribution in [3.63, 3.8) is 0 Å². The third-order valence-electron chi connectivity index (χ3n) is 2.65. The van der Waals surface area contributed by atoms with Crippen LogP contribution in [0.15, 0.2) is 47.4 Å². The zero-order valence-electron chi connectivity index (χ0n) is 10.6. The van der Waals surface area contributed by atoms with E-state index in [1.807, 2.05) is 6.92 Å². The van der Waals surface area contributed by atoms with Crippen molar-refractivity contribution in [3.05, 3.63) is 58.6 Å². The van der Waals surface area contributed by atoms with E-state index in [2.05, 4.69) is 0 Å². The average Bonchev–Trinajstić information content (AvgIpc) is 2.35. The summed E-state index contributed by atoms with van der Waals surface area (Å²) in [6.07, 6.45) is 0. The Bertz CT molecular complexity index is 691. The van der Waals surface area contributed by atoms with Crippen LogP contribution >= 0.6 is 11.6 Å². The number of benzene rings is 2. The summed E-state index contributed by atoms with van der Waals surface area (Å²) in [5.41, 5.74) is 1.63. The van der Waals surface area contributed by atoms with Crippen LogP contribution in [0.5, 0.6) is 5.75 Å². The van der Waals surface area contributed by atoms with Crippen molar-refractivity contribution in [2.75, 3.05) is 0 Å². The minimum absolute atomic E-state index is 0.0839. The van der Waals surface area contributed by atoms with E-state index in [0.717, 1.165) is 5.56 Å². The lowest BCUT2D eigenvalue weighted by atomic mass is 10.2. The summed E-state index contributed by atoms with van der Waals surface area (Å²) in [6.45, 7) is 3.61. The van der Waals surface area contributed by atoms with E-state index in [1.54, 1.807) is 43.3 Å². The zero-order chi connectivity index (χ0) is 14.0. The van der Waals surface area contributed by atoms with Crippen LogP contribution < -0.4 is 4.18 Å². The molecule has 0 amide bonds. The fourth-order valence-corrected chi connectivity index (χ4v) is 3.03. The molecule has 2 rings (SSSR count). The highest BCUT2D eigenvalue weighted by molar-refractivity contribution is 7.87. The quantitative estimate of drug-likeness (QED) is 0.811. The Kier molecular flexibility index (Phi) is 3.83. The van der Waals surface area contributed by atoms with Crippen LogP contribution in [0.25, 0.3) is 0 Å². The largest absolute Gasteiger partial charge is 0.379 e. The molecule has 0 saturated heterocycles. The van der Waals surface area contributed by atoms with Gasteiger partial charge in [0, 0.05) is 5.02 Å². The fraction of sp³-hybridized carbons (Fsp3) is 0.143. The van der Waals surface area contributed by atoms with Gasteiger partial charge in [-0.1, -0.05) is 35.4 Å². The maximum atomic E-state index is 12.2. The Balaban J connectivity index is 2.37. The highest BCUT2D eigenvalue weighted by Gasteiger charge is 2.19. The molecular formula is C14H13ClO3S. The van der Waals surface area contributed by atoms with E-state index in [-0.39, 0.29) is 10.6 Å². The number of halogens is 1. The van der Waals surface area contributed by atoms with E-state index in [4.69, 9.17) is 15.8 Å².